The number of aliphatic hydroxyl groups excluding tert-OH is 1. The molecule has 0 fully saturated rings. The van der Waals surface area contributed by atoms with Gasteiger partial charge < -0.3 is 20.2 Å². The number of carbonyl (C=O) groups is 1. The van der Waals surface area contributed by atoms with Gasteiger partial charge in [0.1, 0.15) is 0 Å². The Bertz CT molecular complexity index is 698. The third-order valence-electron chi connectivity index (χ3n) is 8.50. The molecule has 0 aromatic rings. The van der Waals surface area contributed by atoms with Gasteiger partial charge in [-0.1, -0.05) is 180 Å². The number of amides is 1. The summed E-state index contributed by atoms with van der Waals surface area (Å²) in [5.74, 6) is -0.225. The van der Waals surface area contributed by atoms with Crippen LogP contribution in [0.3, 0.4) is 0 Å². The van der Waals surface area contributed by atoms with E-state index >= 15 is 0 Å². The number of rotatable bonds is 34. The lowest BCUT2D eigenvalue weighted by Crippen LogP contribution is -2.45. The highest BCUT2D eigenvalue weighted by Gasteiger charge is 2.24. The van der Waals surface area contributed by atoms with Crippen LogP contribution in [0.1, 0.15) is 194 Å². The number of allylic oxidation sites excluding steroid dienone is 1. The molecule has 0 bridgehead atoms. The van der Waals surface area contributed by atoms with Crippen LogP contribution in [-0.2, 0) is 13.9 Å². The van der Waals surface area contributed by atoms with Gasteiger partial charge in [0.15, 0.2) is 0 Å². The maximum atomic E-state index is 12.5. The van der Waals surface area contributed by atoms with Gasteiger partial charge in [0.2, 0.25) is 5.91 Å². The van der Waals surface area contributed by atoms with Crippen molar-refractivity contribution in [3.63, 3.8) is 0 Å². The lowest BCUT2D eigenvalue weighted by molar-refractivity contribution is -0.123. The third-order valence-corrected chi connectivity index (χ3v) is 8.98. The number of hydrogen-bond acceptors (Lipinski definition) is 4. The van der Waals surface area contributed by atoms with E-state index in [0.717, 1.165) is 38.5 Å². The van der Waals surface area contributed by atoms with Crippen LogP contribution in [-0.4, -0.2) is 39.6 Å². The Morgan fingerprint density at radius 1 is 0.636 bits per heavy atom. The van der Waals surface area contributed by atoms with Crippen molar-refractivity contribution in [3.8, 4) is 0 Å². The number of carbonyl (C=O) groups excluding carboxylic acids is 1. The molecule has 0 rings (SSSR count). The van der Waals surface area contributed by atoms with Crippen LogP contribution in [0.5, 0.6) is 0 Å². The van der Waals surface area contributed by atoms with Crippen molar-refractivity contribution in [1.82, 2.24) is 5.32 Å². The molecule has 0 radical (unpaired) electrons. The summed E-state index contributed by atoms with van der Waals surface area (Å²) in [6.07, 6.45) is 36.5. The summed E-state index contributed by atoms with van der Waals surface area (Å²) >= 11 is 0. The van der Waals surface area contributed by atoms with E-state index in [1.165, 1.54) is 135 Å². The zero-order valence-corrected chi connectivity index (χ0v) is 29.7. The van der Waals surface area contributed by atoms with Gasteiger partial charge in [0.05, 0.1) is 18.8 Å². The van der Waals surface area contributed by atoms with E-state index in [1.807, 2.05) is 6.08 Å². The second-order valence-electron chi connectivity index (χ2n) is 12.9. The molecule has 7 nitrogen and oxygen atoms in total. The van der Waals surface area contributed by atoms with Crippen LogP contribution in [0.4, 0.5) is 0 Å². The van der Waals surface area contributed by atoms with Gasteiger partial charge in [-0.25, -0.2) is 4.57 Å². The van der Waals surface area contributed by atoms with Gasteiger partial charge >= 0.3 is 7.82 Å². The lowest BCUT2D eigenvalue weighted by Gasteiger charge is -2.22. The van der Waals surface area contributed by atoms with Crippen LogP contribution in [0.25, 0.3) is 0 Å². The first kappa shape index (κ1) is 43.3. The van der Waals surface area contributed by atoms with E-state index in [1.54, 1.807) is 6.08 Å². The summed E-state index contributed by atoms with van der Waals surface area (Å²) in [7, 11) is -4.70. The Kier molecular flexibility index (Phi) is 31.7. The molecule has 8 heteroatoms. The van der Waals surface area contributed by atoms with Crippen molar-refractivity contribution in [3.05, 3.63) is 12.2 Å². The average Bonchev–Trinajstić information content (AvgIpc) is 2.99. The number of phosphoric ester groups is 1. The zero-order valence-electron chi connectivity index (χ0n) is 28.8. The topological polar surface area (TPSA) is 116 Å². The minimum absolute atomic E-state index is 0.225. The Labute approximate surface area is 272 Å². The fraction of sp³-hybridized carbons (Fsp3) is 0.917. The Morgan fingerprint density at radius 2 is 1.00 bits per heavy atom. The SMILES string of the molecule is CCCCCCCCCCCCCC=C[C@@H](O)[C@H](COP(=O)(O)O)NC(=O)CCCCCCCCCCCCCCCCC. The highest BCUT2D eigenvalue weighted by molar-refractivity contribution is 7.46. The molecule has 0 unspecified atom stereocenters. The summed E-state index contributed by atoms with van der Waals surface area (Å²) in [5.41, 5.74) is 0. The molecule has 0 aromatic heterocycles. The third kappa shape index (κ3) is 32.7. The van der Waals surface area contributed by atoms with Crippen molar-refractivity contribution in [2.75, 3.05) is 6.61 Å². The molecule has 4 N–H and O–H groups in total. The fourth-order valence-corrected chi connectivity index (χ4v) is 5.99. The van der Waals surface area contributed by atoms with Crippen LogP contribution in [0.15, 0.2) is 12.2 Å². The zero-order chi connectivity index (χ0) is 32.6. The highest BCUT2D eigenvalue weighted by atomic mass is 31.2. The molecule has 1 amide bonds. The molecule has 0 aliphatic carbocycles. The quantitative estimate of drug-likeness (QED) is 0.0314. The van der Waals surface area contributed by atoms with Crippen molar-refractivity contribution in [1.29, 1.82) is 0 Å². The van der Waals surface area contributed by atoms with Crippen LogP contribution in [0.2, 0.25) is 0 Å². The van der Waals surface area contributed by atoms with Crippen LogP contribution >= 0.6 is 7.82 Å². The van der Waals surface area contributed by atoms with Crippen molar-refractivity contribution < 1.29 is 28.8 Å². The molecule has 0 saturated heterocycles. The molecule has 0 saturated carbocycles. The van der Waals surface area contributed by atoms with E-state index in [2.05, 4.69) is 23.7 Å². The predicted molar refractivity (Wildman–Crippen MR) is 186 cm³/mol. The van der Waals surface area contributed by atoms with Crippen LogP contribution in [0, 0.1) is 0 Å². The molecule has 2 atom stereocenters. The smallest absolute Gasteiger partial charge is 0.387 e. The summed E-state index contributed by atoms with van der Waals surface area (Å²) in [5, 5.41) is 13.3. The van der Waals surface area contributed by atoms with Crippen molar-refractivity contribution in [2.24, 2.45) is 0 Å². The average molecular weight is 646 g/mol. The Hall–Kier alpha value is -0.720. The number of unbranched alkanes of at least 4 members (excludes halogenated alkanes) is 25. The van der Waals surface area contributed by atoms with Gasteiger partial charge in [0.25, 0.3) is 0 Å². The first-order valence-electron chi connectivity index (χ1n) is 18.6. The first-order valence-corrected chi connectivity index (χ1v) is 20.2. The Balaban J connectivity index is 4.02. The van der Waals surface area contributed by atoms with E-state index in [-0.39, 0.29) is 5.91 Å². The van der Waals surface area contributed by atoms with E-state index in [9.17, 15) is 14.5 Å². The molecule has 44 heavy (non-hydrogen) atoms. The number of hydrogen-bond donors (Lipinski definition) is 4. The van der Waals surface area contributed by atoms with Crippen molar-refractivity contribution in [2.45, 2.75) is 206 Å². The van der Waals surface area contributed by atoms with Gasteiger partial charge in [-0.05, 0) is 19.3 Å². The molecular formula is C36H72NO6P. The molecule has 262 valence electrons. The Morgan fingerprint density at radius 3 is 1.39 bits per heavy atom. The monoisotopic (exact) mass is 646 g/mol. The second kappa shape index (κ2) is 32.2. The van der Waals surface area contributed by atoms with E-state index in [4.69, 9.17) is 9.79 Å². The largest absolute Gasteiger partial charge is 0.469 e. The van der Waals surface area contributed by atoms with Crippen LogP contribution < -0.4 is 5.32 Å². The lowest BCUT2D eigenvalue weighted by atomic mass is 10.0. The molecule has 0 aliphatic rings. The van der Waals surface area contributed by atoms with Gasteiger partial charge in [-0.3, -0.25) is 9.32 Å². The molecule has 0 aromatic carbocycles. The minimum atomic E-state index is -4.70. The maximum absolute atomic E-state index is 12.5. The summed E-state index contributed by atoms with van der Waals surface area (Å²) < 4.78 is 15.8. The summed E-state index contributed by atoms with van der Waals surface area (Å²) in [4.78, 5) is 30.7. The van der Waals surface area contributed by atoms with E-state index < -0.39 is 26.6 Å². The first-order chi connectivity index (χ1) is 21.3. The molecule has 0 spiro atoms. The normalized spacial score (nSPS) is 13.5. The fourth-order valence-electron chi connectivity index (χ4n) is 5.64. The predicted octanol–water partition coefficient (Wildman–Crippen LogP) is 10.5. The summed E-state index contributed by atoms with van der Waals surface area (Å²) in [6, 6.07) is -0.903. The molecule has 0 heterocycles. The van der Waals surface area contributed by atoms with Gasteiger partial charge in [-0.15, -0.1) is 0 Å². The molecule has 0 aliphatic heterocycles. The highest BCUT2D eigenvalue weighted by Crippen LogP contribution is 2.35. The summed E-state index contributed by atoms with van der Waals surface area (Å²) in [6.45, 7) is 4.06. The number of nitrogens with one attached hydrogen (secondary N) is 1. The van der Waals surface area contributed by atoms with Crippen molar-refractivity contribution >= 4 is 13.7 Å². The van der Waals surface area contributed by atoms with Gasteiger partial charge in [0, 0.05) is 6.42 Å². The molecular weight excluding hydrogens is 573 g/mol. The number of phosphoric acid groups is 1. The minimum Gasteiger partial charge on any atom is -0.387 e. The maximum Gasteiger partial charge on any atom is 0.469 e. The number of aliphatic hydroxyl groups is 1. The van der Waals surface area contributed by atoms with E-state index in [0.29, 0.717) is 6.42 Å². The second-order valence-corrected chi connectivity index (χ2v) is 14.1. The standard InChI is InChI=1S/C36H72NO6P/c1-3-5-7-9-11-13-15-17-18-20-22-24-26-28-30-32-36(39)37-34(33-43-44(40,41)42)35(38)31-29-27-25-23-21-19-16-14-12-10-8-6-4-2/h29,31,34-35,38H,3-28,30,32-33H2,1-2H3,(H,37,39)(H2,40,41,42)/t34-,35+/m0/s1. The van der Waals surface area contributed by atoms with Gasteiger partial charge in [-0.2, -0.15) is 0 Å².